The number of hydrogen-bond acceptors (Lipinski definition) is 5. The van der Waals surface area contributed by atoms with E-state index in [1.54, 1.807) is 19.1 Å². The van der Waals surface area contributed by atoms with Gasteiger partial charge in [0.05, 0.1) is 23.9 Å². The summed E-state index contributed by atoms with van der Waals surface area (Å²) >= 11 is 0. The summed E-state index contributed by atoms with van der Waals surface area (Å²) in [5.41, 5.74) is 2.26. The zero-order chi connectivity index (χ0) is 25.7. The third-order valence-electron chi connectivity index (χ3n) is 5.70. The van der Waals surface area contributed by atoms with Crippen LogP contribution in [0.15, 0.2) is 71.6 Å². The van der Waals surface area contributed by atoms with Crippen LogP contribution in [0.25, 0.3) is 11.8 Å². The van der Waals surface area contributed by atoms with Crippen molar-refractivity contribution in [2.24, 2.45) is 5.92 Å². The molecule has 0 saturated heterocycles. The van der Waals surface area contributed by atoms with Gasteiger partial charge < -0.3 is 9.47 Å². The fourth-order valence-electron chi connectivity index (χ4n) is 3.24. The molecule has 0 spiro atoms. The Morgan fingerprint density at radius 2 is 1.63 bits per heavy atom. The first-order valence-corrected chi connectivity index (χ1v) is 13.9. The monoisotopic (exact) mass is 498 g/mol. The van der Waals surface area contributed by atoms with E-state index in [0.29, 0.717) is 42.4 Å². The lowest BCUT2D eigenvalue weighted by Gasteiger charge is -2.15. The zero-order valence-corrected chi connectivity index (χ0v) is 22.0. The Morgan fingerprint density at radius 3 is 2.26 bits per heavy atom. The molecule has 6 heteroatoms. The molecule has 0 aliphatic rings. The van der Waals surface area contributed by atoms with Gasteiger partial charge in [-0.1, -0.05) is 82.2 Å². The Labute approximate surface area is 210 Å². The van der Waals surface area contributed by atoms with Crippen molar-refractivity contribution < 1.29 is 22.7 Å². The van der Waals surface area contributed by atoms with Crippen molar-refractivity contribution in [1.29, 1.82) is 0 Å². The molecule has 2 rings (SSSR count). The second-order valence-electron chi connectivity index (χ2n) is 8.92. The van der Waals surface area contributed by atoms with E-state index < -0.39 is 9.84 Å². The van der Waals surface area contributed by atoms with Crippen LogP contribution >= 0.6 is 0 Å². The summed E-state index contributed by atoms with van der Waals surface area (Å²) in [4.78, 5) is 11.7. The molecule has 0 N–H and O–H groups in total. The van der Waals surface area contributed by atoms with Crippen LogP contribution in [-0.2, 0) is 24.1 Å². The van der Waals surface area contributed by atoms with Crippen molar-refractivity contribution in [1.82, 2.24) is 0 Å². The van der Waals surface area contributed by atoms with Crippen LogP contribution in [0.4, 0.5) is 0 Å². The van der Waals surface area contributed by atoms with E-state index in [1.807, 2.05) is 48.5 Å². The molecule has 2 aromatic rings. The maximum Gasteiger partial charge on any atom is 0.333 e. The maximum atomic E-state index is 12.7. The SMILES string of the molecule is C=C(C)C(=O)OCCCCCCS(=O)(=O)c1ccc(C=C(OC[C@H](C)CC)c2ccccc2)cc1. The average molecular weight is 499 g/mol. The van der Waals surface area contributed by atoms with Crippen LogP contribution in [0, 0.1) is 5.92 Å². The minimum absolute atomic E-state index is 0.0982. The first-order chi connectivity index (χ1) is 16.7. The number of benzene rings is 2. The summed E-state index contributed by atoms with van der Waals surface area (Å²) in [6.45, 7) is 10.4. The van der Waals surface area contributed by atoms with Gasteiger partial charge in [-0.3, -0.25) is 0 Å². The topological polar surface area (TPSA) is 69.7 Å². The van der Waals surface area contributed by atoms with Crippen molar-refractivity contribution >= 4 is 27.6 Å². The summed E-state index contributed by atoms with van der Waals surface area (Å²) in [5, 5.41) is 0. The van der Waals surface area contributed by atoms with Crippen molar-refractivity contribution in [2.75, 3.05) is 19.0 Å². The van der Waals surface area contributed by atoms with E-state index in [-0.39, 0.29) is 11.7 Å². The minimum Gasteiger partial charge on any atom is -0.493 e. The number of carbonyl (C=O) groups excluding carboxylic acids is 1. The van der Waals surface area contributed by atoms with Crippen molar-refractivity contribution in [2.45, 2.75) is 57.8 Å². The van der Waals surface area contributed by atoms with Gasteiger partial charge in [-0.05, 0) is 49.5 Å². The van der Waals surface area contributed by atoms with Gasteiger partial charge in [0.2, 0.25) is 0 Å². The van der Waals surface area contributed by atoms with Gasteiger partial charge in [0.25, 0.3) is 0 Å². The van der Waals surface area contributed by atoms with E-state index in [1.165, 1.54) is 0 Å². The number of esters is 1. The van der Waals surface area contributed by atoms with Crippen LogP contribution in [0.1, 0.15) is 64.0 Å². The predicted octanol–water partition coefficient (Wildman–Crippen LogP) is 6.70. The lowest BCUT2D eigenvalue weighted by atomic mass is 10.1. The molecule has 0 heterocycles. The van der Waals surface area contributed by atoms with Gasteiger partial charge in [0.15, 0.2) is 9.84 Å². The molecule has 0 radical (unpaired) electrons. The Kier molecular flexibility index (Phi) is 11.8. The summed E-state index contributed by atoms with van der Waals surface area (Å²) in [7, 11) is -3.35. The van der Waals surface area contributed by atoms with E-state index >= 15 is 0 Å². The summed E-state index contributed by atoms with van der Waals surface area (Å²) in [5.74, 6) is 0.932. The van der Waals surface area contributed by atoms with Crippen LogP contribution in [0.3, 0.4) is 0 Å². The normalized spacial score (nSPS) is 12.7. The molecule has 2 aromatic carbocycles. The van der Waals surface area contributed by atoms with Crippen molar-refractivity contribution in [3.05, 3.63) is 77.9 Å². The maximum absolute atomic E-state index is 12.7. The number of carbonyl (C=O) groups is 1. The summed E-state index contributed by atoms with van der Waals surface area (Å²) in [6.07, 6.45) is 5.84. The van der Waals surface area contributed by atoms with Crippen LogP contribution in [0.5, 0.6) is 0 Å². The van der Waals surface area contributed by atoms with Crippen LogP contribution in [-0.4, -0.2) is 33.4 Å². The Bertz CT molecular complexity index is 1070. The Morgan fingerprint density at radius 1 is 0.971 bits per heavy atom. The molecule has 0 aliphatic heterocycles. The smallest absolute Gasteiger partial charge is 0.333 e. The number of sulfone groups is 1. The van der Waals surface area contributed by atoms with E-state index in [0.717, 1.165) is 36.1 Å². The fraction of sp³-hybridized carbons (Fsp3) is 0.414. The average Bonchev–Trinajstić information content (AvgIpc) is 2.86. The fourth-order valence-corrected chi connectivity index (χ4v) is 4.61. The second kappa shape index (κ2) is 14.5. The van der Waals surface area contributed by atoms with Crippen molar-refractivity contribution in [3.8, 4) is 0 Å². The molecule has 0 aliphatic carbocycles. The van der Waals surface area contributed by atoms with Crippen LogP contribution in [0.2, 0.25) is 0 Å². The Balaban J connectivity index is 1.93. The standard InChI is InChI=1S/C29H38O5S/c1-5-24(4)22-34-28(26-13-9-8-10-14-26)21-25-15-17-27(18-16-25)35(31,32)20-12-7-6-11-19-33-29(30)23(2)3/h8-10,13-18,21,24H,2,5-7,11-12,19-20,22H2,1,3-4H3/t24-/m1/s1. The zero-order valence-electron chi connectivity index (χ0n) is 21.2. The number of hydrogen-bond donors (Lipinski definition) is 0. The molecule has 0 unspecified atom stereocenters. The lowest BCUT2D eigenvalue weighted by molar-refractivity contribution is -0.139. The van der Waals surface area contributed by atoms with E-state index in [4.69, 9.17) is 9.47 Å². The molecular weight excluding hydrogens is 460 g/mol. The van der Waals surface area contributed by atoms with Gasteiger partial charge in [-0.25, -0.2) is 13.2 Å². The highest BCUT2D eigenvalue weighted by atomic mass is 32.2. The molecule has 0 amide bonds. The van der Waals surface area contributed by atoms with Crippen molar-refractivity contribution in [3.63, 3.8) is 0 Å². The molecule has 0 aromatic heterocycles. The number of ether oxygens (including phenoxy) is 2. The lowest BCUT2D eigenvalue weighted by Crippen LogP contribution is -2.08. The van der Waals surface area contributed by atoms with Gasteiger partial charge >= 0.3 is 5.97 Å². The Hall–Kier alpha value is -2.86. The van der Waals surface area contributed by atoms with E-state index in [2.05, 4.69) is 20.4 Å². The quantitative estimate of drug-likeness (QED) is 0.0898. The molecule has 1 atom stereocenters. The highest BCUT2D eigenvalue weighted by Gasteiger charge is 2.14. The summed E-state index contributed by atoms with van der Waals surface area (Å²) < 4.78 is 36.6. The summed E-state index contributed by atoms with van der Waals surface area (Å²) in [6, 6.07) is 16.9. The molecule has 5 nitrogen and oxygen atoms in total. The molecule has 0 bridgehead atoms. The third kappa shape index (κ3) is 10.1. The van der Waals surface area contributed by atoms with Crippen LogP contribution < -0.4 is 0 Å². The highest BCUT2D eigenvalue weighted by Crippen LogP contribution is 2.22. The number of unbranched alkanes of at least 4 members (excludes halogenated alkanes) is 3. The van der Waals surface area contributed by atoms with Gasteiger partial charge in [0, 0.05) is 11.1 Å². The van der Waals surface area contributed by atoms with E-state index in [9.17, 15) is 13.2 Å². The molecular formula is C29H38O5S. The first kappa shape index (κ1) is 28.4. The largest absolute Gasteiger partial charge is 0.493 e. The highest BCUT2D eigenvalue weighted by molar-refractivity contribution is 7.91. The van der Waals surface area contributed by atoms with Gasteiger partial charge in [0.1, 0.15) is 5.76 Å². The number of rotatable bonds is 15. The second-order valence-corrected chi connectivity index (χ2v) is 11.0. The third-order valence-corrected chi connectivity index (χ3v) is 7.52. The first-order valence-electron chi connectivity index (χ1n) is 12.3. The molecule has 0 fully saturated rings. The molecule has 190 valence electrons. The van der Waals surface area contributed by atoms with Gasteiger partial charge in [-0.15, -0.1) is 0 Å². The minimum atomic E-state index is -3.35. The molecule has 35 heavy (non-hydrogen) atoms. The van der Waals surface area contributed by atoms with Gasteiger partial charge in [-0.2, -0.15) is 0 Å². The predicted molar refractivity (Wildman–Crippen MR) is 142 cm³/mol. The molecule has 0 saturated carbocycles.